The highest BCUT2D eigenvalue weighted by molar-refractivity contribution is 6.01. The van der Waals surface area contributed by atoms with Crippen molar-refractivity contribution in [1.82, 2.24) is 35.0 Å². The molecule has 11 heteroatoms. The number of aromatic nitrogens is 7. The maximum absolute atomic E-state index is 14.1. The average Bonchev–Trinajstić information content (AvgIpc) is 3.34. The summed E-state index contributed by atoms with van der Waals surface area (Å²) < 4.78 is 29.9. The number of benzene rings is 2. The highest BCUT2D eigenvalue weighted by atomic mass is 19.1. The summed E-state index contributed by atoms with van der Waals surface area (Å²) in [7, 11) is 0. The van der Waals surface area contributed by atoms with Crippen molar-refractivity contribution in [3.05, 3.63) is 72.1 Å². The van der Waals surface area contributed by atoms with Crippen LogP contribution in [0.4, 0.5) is 14.5 Å². The first-order valence-electron chi connectivity index (χ1n) is 8.05. The minimum atomic E-state index is -0.697. The summed E-state index contributed by atoms with van der Waals surface area (Å²) in [6.45, 7) is 1.64. The van der Waals surface area contributed by atoms with E-state index in [2.05, 4.69) is 30.9 Å². The Morgan fingerprint density at radius 2 is 1.82 bits per heavy atom. The zero-order chi connectivity index (χ0) is 19.7. The molecular weight excluding hydrogens is 370 g/mol. The first-order chi connectivity index (χ1) is 13.5. The number of carbonyl (C=O) groups is 1. The Morgan fingerprint density at radius 1 is 1.07 bits per heavy atom. The molecule has 0 saturated carbocycles. The van der Waals surface area contributed by atoms with E-state index in [1.165, 1.54) is 58.2 Å². The second-order valence-electron chi connectivity index (χ2n) is 5.74. The Bertz CT molecular complexity index is 1140. The van der Waals surface area contributed by atoms with Crippen molar-refractivity contribution in [3.63, 3.8) is 0 Å². The summed E-state index contributed by atoms with van der Waals surface area (Å²) >= 11 is 0. The Kier molecular flexibility index (Phi) is 4.32. The van der Waals surface area contributed by atoms with Crippen molar-refractivity contribution in [2.24, 2.45) is 0 Å². The smallest absolute Gasteiger partial charge is 0.295 e. The van der Waals surface area contributed by atoms with E-state index in [1.54, 1.807) is 6.92 Å². The van der Waals surface area contributed by atoms with Crippen LogP contribution in [0.2, 0.25) is 0 Å². The molecule has 0 unspecified atom stereocenters. The van der Waals surface area contributed by atoms with Gasteiger partial charge in [-0.3, -0.25) is 4.79 Å². The number of halogens is 2. The fourth-order valence-corrected chi connectivity index (χ4v) is 2.52. The molecule has 0 aliphatic heterocycles. The predicted octanol–water partition coefficient (Wildman–Crippen LogP) is 2.08. The number of carbonyl (C=O) groups excluding carboxylic acids is 1. The van der Waals surface area contributed by atoms with Gasteiger partial charge in [0.05, 0.1) is 17.1 Å². The minimum absolute atomic E-state index is 0.0752. The molecule has 1 N–H and O–H groups in total. The largest absolute Gasteiger partial charge is 0.317 e. The van der Waals surface area contributed by atoms with Crippen molar-refractivity contribution in [2.75, 3.05) is 5.32 Å². The summed E-state index contributed by atoms with van der Waals surface area (Å²) in [6.07, 6.45) is 1.34. The van der Waals surface area contributed by atoms with Gasteiger partial charge in [0.2, 0.25) is 5.82 Å². The van der Waals surface area contributed by atoms with E-state index < -0.39 is 17.5 Å². The molecule has 0 fully saturated rings. The fraction of sp³-hybridized carbons (Fsp3) is 0.0588. The van der Waals surface area contributed by atoms with E-state index in [0.717, 1.165) is 0 Å². The van der Waals surface area contributed by atoms with Crippen LogP contribution in [0, 0.1) is 18.6 Å². The van der Waals surface area contributed by atoms with Gasteiger partial charge in [-0.05, 0) is 59.8 Å². The number of hydrogen-bond acceptors (Lipinski definition) is 6. The van der Waals surface area contributed by atoms with Crippen LogP contribution in [-0.4, -0.2) is 40.9 Å². The van der Waals surface area contributed by atoms with Crippen LogP contribution >= 0.6 is 0 Å². The number of nitrogens with one attached hydrogen (secondary N) is 1. The van der Waals surface area contributed by atoms with Crippen LogP contribution in [0.25, 0.3) is 11.4 Å². The van der Waals surface area contributed by atoms with Gasteiger partial charge in [-0.2, -0.15) is 0 Å². The molecule has 2 aromatic carbocycles. The summed E-state index contributed by atoms with van der Waals surface area (Å²) in [5.41, 5.74) is 0.925. The molecule has 9 nitrogen and oxygen atoms in total. The summed E-state index contributed by atoms with van der Waals surface area (Å²) in [5.74, 6) is -1.47. The van der Waals surface area contributed by atoms with Gasteiger partial charge < -0.3 is 5.32 Å². The van der Waals surface area contributed by atoms with Gasteiger partial charge in [0.15, 0.2) is 0 Å². The standard InChI is InChI=1S/C17H12F2N8O/c1-10-21-16(23-27(10)12-4-2-11(18)3-5-12)17(28)22-15-8-13(6-7-14(15)19)26-9-20-24-25-26/h2-9H,1H3,(H,22,28). The molecule has 1 amide bonds. The molecule has 2 heterocycles. The molecule has 0 aliphatic rings. The summed E-state index contributed by atoms with van der Waals surface area (Å²) in [5, 5.41) is 17.3. The van der Waals surface area contributed by atoms with Gasteiger partial charge in [0.25, 0.3) is 5.91 Å². The number of rotatable bonds is 4. The Hall–Kier alpha value is -4.02. The number of amides is 1. The van der Waals surface area contributed by atoms with E-state index >= 15 is 0 Å². The van der Waals surface area contributed by atoms with Crippen molar-refractivity contribution in [3.8, 4) is 11.4 Å². The minimum Gasteiger partial charge on any atom is -0.317 e. The van der Waals surface area contributed by atoms with Crippen LogP contribution in [0.5, 0.6) is 0 Å². The predicted molar refractivity (Wildman–Crippen MR) is 93.1 cm³/mol. The van der Waals surface area contributed by atoms with E-state index in [4.69, 9.17) is 0 Å². The average molecular weight is 382 g/mol. The molecule has 0 saturated heterocycles. The number of nitrogens with zero attached hydrogens (tertiary/aromatic N) is 7. The molecule has 0 spiro atoms. The molecule has 0 bridgehead atoms. The lowest BCUT2D eigenvalue weighted by Crippen LogP contribution is -2.15. The molecule has 28 heavy (non-hydrogen) atoms. The second-order valence-corrected chi connectivity index (χ2v) is 5.74. The molecule has 2 aromatic heterocycles. The van der Waals surface area contributed by atoms with Crippen LogP contribution < -0.4 is 5.32 Å². The number of anilines is 1. The zero-order valence-electron chi connectivity index (χ0n) is 14.4. The molecule has 0 atom stereocenters. The SMILES string of the molecule is Cc1nc(C(=O)Nc2cc(-n3cnnn3)ccc2F)nn1-c1ccc(F)cc1. The highest BCUT2D eigenvalue weighted by Crippen LogP contribution is 2.19. The normalized spacial score (nSPS) is 10.8. The van der Waals surface area contributed by atoms with Crippen molar-refractivity contribution in [1.29, 1.82) is 0 Å². The topological polar surface area (TPSA) is 103 Å². The third kappa shape index (κ3) is 3.32. The van der Waals surface area contributed by atoms with E-state index in [9.17, 15) is 13.6 Å². The quantitative estimate of drug-likeness (QED) is 0.580. The van der Waals surface area contributed by atoms with Crippen LogP contribution in [0.15, 0.2) is 48.8 Å². The number of aryl methyl sites for hydroxylation is 1. The van der Waals surface area contributed by atoms with Gasteiger partial charge >= 0.3 is 0 Å². The lowest BCUT2D eigenvalue weighted by Gasteiger charge is -2.07. The molecule has 140 valence electrons. The van der Waals surface area contributed by atoms with Crippen molar-refractivity contribution < 1.29 is 13.6 Å². The second kappa shape index (κ2) is 6.95. The molecule has 4 rings (SSSR count). The first kappa shape index (κ1) is 17.4. The lowest BCUT2D eigenvalue weighted by molar-refractivity contribution is 0.101. The fourth-order valence-electron chi connectivity index (χ4n) is 2.52. The van der Waals surface area contributed by atoms with E-state index in [-0.39, 0.29) is 11.5 Å². The Balaban J connectivity index is 1.60. The van der Waals surface area contributed by atoms with Crippen LogP contribution in [0.3, 0.4) is 0 Å². The monoisotopic (exact) mass is 382 g/mol. The van der Waals surface area contributed by atoms with Gasteiger partial charge in [-0.25, -0.2) is 23.1 Å². The Labute approximate surface area is 156 Å². The van der Waals surface area contributed by atoms with Crippen LogP contribution in [-0.2, 0) is 0 Å². The zero-order valence-corrected chi connectivity index (χ0v) is 14.4. The summed E-state index contributed by atoms with van der Waals surface area (Å²) in [4.78, 5) is 16.6. The lowest BCUT2D eigenvalue weighted by atomic mass is 10.2. The van der Waals surface area contributed by atoms with Gasteiger partial charge in [-0.15, -0.1) is 10.2 Å². The maximum atomic E-state index is 14.1. The molecule has 0 radical (unpaired) electrons. The number of tetrazole rings is 1. The molecule has 4 aromatic rings. The van der Waals surface area contributed by atoms with Gasteiger partial charge in [-0.1, -0.05) is 0 Å². The Morgan fingerprint density at radius 3 is 2.54 bits per heavy atom. The van der Waals surface area contributed by atoms with Crippen molar-refractivity contribution >= 4 is 11.6 Å². The van der Waals surface area contributed by atoms with Gasteiger partial charge in [0, 0.05) is 0 Å². The highest BCUT2D eigenvalue weighted by Gasteiger charge is 2.17. The third-order valence-electron chi connectivity index (χ3n) is 3.85. The molecular formula is C17H12F2N8O. The maximum Gasteiger partial charge on any atom is 0.295 e. The third-order valence-corrected chi connectivity index (χ3v) is 3.85. The summed E-state index contributed by atoms with van der Waals surface area (Å²) in [6, 6.07) is 9.59. The van der Waals surface area contributed by atoms with E-state index in [1.807, 2.05) is 0 Å². The van der Waals surface area contributed by atoms with Gasteiger partial charge in [0.1, 0.15) is 23.8 Å². The van der Waals surface area contributed by atoms with Crippen LogP contribution in [0.1, 0.15) is 16.4 Å². The van der Waals surface area contributed by atoms with E-state index in [0.29, 0.717) is 17.2 Å². The first-order valence-corrected chi connectivity index (χ1v) is 8.05. The molecule has 0 aliphatic carbocycles. The number of hydrogen-bond donors (Lipinski definition) is 1. The van der Waals surface area contributed by atoms with Crippen molar-refractivity contribution in [2.45, 2.75) is 6.92 Å².